The molecule has 0 saturated carbocycles. The number of piperidine rings is 1. The fourth-order valence-corrected chi connectivity index (χ4v) is 2.81. The lowest BCUT2D eigenvalue weighted by atomic mass is 9.97. The van der Waals surface area contributed by atoms with Gasteiger partial charge < -0.3 is 10.6 Å². The van der Waals surface area contributed by atoms with Crippen molar-refractivity contribution in [1.82, 2.24) is 10.6 Å². The molecule has 0 unspecified atom stereocenters. The van der Waals surface area contributed by atoms with Crippen LogP contribution in [0.15, 0.2) is 12.1 Å². The highest BCUT2D eigenvalue weighted by molar-refractivity contribution is 7.11. The molecule has 1 fully saturated rings. The molecule has 1 aromatic rings. The van der Waals surface area contributed by atoms with Gasteiger partial charge >= 0.3 is 0 Å². The average Bonchev–Trinajstić information content (AvgIpc) is 2.73. The Bertz CT molecular complexity index is 356. The smallest absolute Gasteiger partial charge is 0.223 e. The third-order valence-corrected chi connectivity index (χ3v) is 3.94. The normalized spacial score (nSPS) is 17.3. The molecule has 2 N–H and O–H groups in total. The Hall–Kier alpha value is -0.870. The van der Waals surface area contributed by atoms with Crippen molar-refractivity contribution >= 4 is 17.2 Å². The van der Waals surface area contributed by atoms with E-state index in [2.05, 4.69) is 29.7 Å². The number of nitrogens with one attached hydrogen (secondary N) is 2. The summed E-state index contributed by atoms with van der Waals surface area (Å²) in [4.78, 5) is 14.4. The fraction of sp³-hybridized carbons (Fsp3) is 0.583. The van der Waals surface area contributed by atoms with Crippen molar-refractivity contribution < 1.29 is 4.79 Å². The Morgan fingerprint density at radius 3 is 2.88 bits per heavy atom. The summed E-state index contributed by atoms with van der Waals surface area (Å²) < 4.78 is 0. The van der Waals surface area contributed by atoms with Crippen LogP contribution in [0, 0.1) is 12.8 Å². The molecule has 0 bridgehead atoms. The first kappa shape index (κ1) is 11.6. The van der Waals surface area contributed by atoms with Gasteiger partial charge in [-0.2, -0.15) is 0 Å². The third kappa shape index (κ3) is 3.06. The summed E-state index contributed by atoms with van der Waals surface area (Å²) >= 11 is 1.75. The SMILES string of the molecule is Cc1ccc(CNC(=O)C2CCNCC2)s1. The maximum absolute atomic E-state index is 11.8. The molecule has 2 heterocycles. The lowest BCUT2D eigenvalue weighted by molar-refractivity contribution is -0.125. The minimum Gasteiger partial charge on any atom is -0.351 e. The van der Waals surface area contributed by atoms with Crippen molar-refractivity contribution in [3.63, 3.8) is 0 Å². The second kappa shape index (κ2) is 5.46. The van der Waals surface area contributed by atoms with Gasteiger partial charge in [-0.05, 0) is 45.0 Å². The van der Waals surface area contributed by atoms with E-state index in [-0.39, 0.29) is 11.8 Å². The summed E-state index contributed by atoms with van der Waals surface area (Å²) in [5, 5.41) is 6.29. The molecule has 1 saturated heterocycles. The first-order valence-electron chi connectivity index (χ1n) is 5.79. The van der Waals surface area contributed by atoms with E-state index in [4.69, 9.17) is 0 Å². The standard InChI is InChI=1S/C12H18N2OS/c1-9-2-3-11(16-9)8-14-12(15)10-4-6-13-7-5-10/h2-3,10,13H,4-8H2,1H3,(H,14,15). The number of hydrogen-bond donors (Lipinski definition) is 2. The molecular weight excluding hydrogens is 220 g/mol. The van der Waals surface area contributed by atoms with E-state index >= 15 is 0 Å². The minimum absolute atomic E-state index is 0.210. The number of carbonyl (C=O) groups excluding carboxylic acids is 1. The quantitative estimate of drug-likeness (QED) is 0.841. The molecule has 0 radical (unpaired) electrons. The number of thiophene rings is 1. The molecule has 88 valence electrons. The predicted octanol–water partition coefficient (Wildman–Crippen LogP) is 1.67. The Balaban J connectivity index is 1.78. The van der Waals surface area contributed by atoms with Crippen LogP contribution in [-0.4, -0.2) is 19.0 Å². The topological polar surface area (TPSA) is 41.1 Å². The second-order valence-corrected chi connectivity index (χ2v) is 5.63. The van der Waals surface area contributed by atoms with Gasteiger partial charge in [0.15, 0.2) is 0 Å². The first-order valence-corrected chi connectivity index (χ1v) is 6.61. The van der Waals surface area contributed by atoms with Crippen molar-refractivity contribution in [2.75, 3.05) is 13.1 Å². The molecule has 0 atom stereocenters. The summed E-state index contributed by atoms with van der Waals surface area (Å²) in [6, 6.07) is 4.18. The van der Waals surface area contributed by atoms with Crippen LogP contribution in [-0.2, 0) is 11.3 Å². The van der Waals surface area contributed by atoms with E-state index in [1.807, 2.05) is 0 Å². The molecule has 0 aliphatic carbocycles. The molecule has 16 heavy (non-hydrogen) atoms. The van der Waals surface area contributed by atoms with E-state index in [0.717, 1.165) is 25.9 Å². The van der Waals surface area contributed by atoms with Gasteiger partial charge in [0.1, 0.15) is 0 Å². The number of amides is 1. The van der Waals surface area contributed by atoms with Gasteiger partial charge in [0, 0.05) is 15.7 Å². The van der Waals surface area contributed by atoms with Crippen molar-refractivity contribution in [1.29, 1.82) is 0 Å². The lowest BCUT2D eigenvalue weighted by Crippen LogP contribution is -2.37. The molecule has 1 amide bonds. The highest BCUT2D eigenvalue weighted by atomic mass is 32.1. The summed E-state index contributed by atoms with van der Waals surface area (Å²) in [6.45, 7) is 4.70. The van der Waals surface area contributed by atoms with E-state index < -0.39 is 0 Å². The molecule has 2 rings (SSSR count). The van der Waals surface area contributed by atoms with E-state index in [1.54, 1.807) is 11.3 Å². The van der Waals surface area contributed by atoms with Crippen LogP contribution in [0.25, 0.3) is 0 Å². The van der Waals surface area contributed by atoms with Crippen LogP contribution < -0.4 is 10.6 Å². The van der Waals surface area contributed by atoms with E-state index in [1.165, 1.54) is 9.75 Å². The number of carbonyl (C=O) groups is 1. The third-order valence-electron chi connectivity index (χ3n) is 2.94. The lowest BCUT2D eigenvalue weighted by Gasteiger charge is -2.21. The van der Waals surface area contributed by atoms with Gasteiger partial charge in [0.05, 0.1) is 6.54 Å². The largest absolute Gasteiger partial charge is 0.351 e. The van der Waals surface area contributed by atoms with Crippen molar-refractivity contribution in [2.45, 2.75) is 26.3 Å². The molecule has 1 aliphatic heterocycles. The van der Waals surface area contributed by atoms with Gasteiger partial charge in [-0.15, -0.1) is 11.3 Å². The fourth-order valence-electron chi connectivity index (χ4n) is 1.98. The van der Waals surface area contributed by atoms with Gasteiger partial charge in [-0.25, -0.2) is 0 Å². The van der Waals surface area contributed by atoms with Crippen LogP contribution in [0.3, 0.4) is 0 Å². The van der Waals surface area contributed by atoms with Gasteiger partial charge in [-0.1, -0.05) is 0 Å². The zero-order chi connectivity index (χ0) is 11.4. The number of aryl methyl sites for hydroxylation is 1. The van der Waals surface area contributed by atoms with Crippen LogP contribution in [0.1, 0.15) is 22.6 Å². The zero-order valence-corrected chi connectivity index (χ0v) is 10.4. The number of hydrogen-bond acceptors (Lipinski definition) is 3. The second-order valence-electron chi connectivity index (χ2n) is 4.25. The summed E-state index contributed by atoms with van der Waals surface area (Å²) in [5.74, 6) is 0.426. The first-order chi connectivity index (χ1) is 7.75. The van der Waals surface area contributed by atoms with Gasteiger partial charge in [0.2, 0.25) is 5.91 Å². The Labute approximate surface area is 100 Å². The monoisotopic (exact) mass is 238 g/mol. The minimum atomic E-state index is 0.210. The van der Waals surface area contributed by atoms with Crippen LogP contribution >= 0.6 is 11.3 Å². The molecule has 4 heteroatoms. The molecule has 1 aliphatic rings. The van der Waals surface area contributed by atoms with Crippen molar-refractivity contribution in [2.24, 2.45) is 5.92 Å². The summed E-state index contributed by atoms with van der Waals surface area (Å²) in [7, 11) is 0. The van der Waals surface area contributed by atoms with E-state index in [0.29, 0.717) is 6.54 Å². The molecule has 3 nitrogen and oxygen atoms in total. The Morgan fingerprint density at radius 2 is 2.25 bits per heavy atom. The molecular formula is C12H18N2OS. The predicted molar refractivity (Wildman–Crippen MR) is 66.5 cm³/mol. The zero-order valence-electron chi connectivity index (χ0n) is 9.58. The van der Waals surface area contributed by atoms with Crippen molar-refractivity contribution in [3.8, 4) is 0 Å². The highest BCUT2D eigenvalue weighted by Crippen LogP contribution is 2.16. The summed E-state index contributed by atoms with van der Waals surface area (Å²) in [6.07, 6.45) is 1.94. The highest BCUT2D eigenvalue weighted by Gasteiger charge is 2.20. The maximum Gasteiger partial charge on any atom is 0.223 e. The van der Waals surface area contributed by atoms with Crippen LogP contribution in [0.5, 0.6) is 0 Å². The van der Waals surface area contributed by atoms with Gasteiger partial charge in [-0.3, -0.25) is 4.79 Å². The van der Waals surface area contributed by atoms with Crippen LogP contribution in [0.4, 0.5) is 0 Å². The molecule has 0 spiro atoms. The average molecular weight is 238 g/mol. The molecule has 0 aromatic carbocycles. The maximum atomic E-state index is 11.8. The van der Waals surface area contributed by atoms with Gasteiger partial charge in [0.25, 0.3) is 0 Å². The Kier molecular flexibility index (Phi) is 3.96. The van der Waals surface area contributed by atoms with Crippen molar-refractivity contribution in [3.05, 3.63) is 21.9 Å². The van der Waals surface area contributed by atoms with E-state index in [9.17, 15) is 4.79 Å². The molecule has 1 aromatic heterocycles. The summed E-state index contributed by atoms with van der Waals surface area (Å²) in [5.41, 5.74) is 0. The Morgan fingerprint density at radius 1 is 1.50 bits per heavy atom. The van der Waals surface area contributed by atoms with Crippen LogP contribution in [0.2, 0.25) is 0 Å². The number of rotatable bonds is 3.